The zero-order valence-corrected chi connectivity index (χ0v) is 10.6. The molecule has 6 heteroatoms. The van der Waals surface area contributed by atoms with Gasteiger partial charge in [0, 0.05) is 18.6 Å². The van der Waals surface area contributed by atoms with Crippen LogP contribution in [0.1, 0.15) is 27.7 Å². The van der Waals surface area contributed by atoms with Crippen LogP contribution in [0.25, 0.3) is 0 Å². The minimum absolute atomic E-state index is 0.345. The topological polar surface area (TPSA) is 65.7 Å². The number of nitrogens with zero attached hydrogens (tertiary/aromatic N) is 2. The lowest BCUT2D eigenvalue weighted by atomic mass is 10.2. The molecular formula is C9H19N2O3P. The quantitative estimate of drug-likeness (QED) is 0.315. The molecule has 0 amide bonds. The molecule has 5 nitrogen and oxygen atoms in total. The molecule has 1 unspecified atom stereocenters. The maximum absolute atomic E-state index is 8.78. The Morgan fingerprint density at radius 2 is 1.87 bits per heavy atom. The summed E-state index contributed by atoms with van der Waals surface area (Å²) in [5.41, 5.74) is 0. The van der Waals surface area contributed by atoms with E-state index in [2.05, 4.69) is 37.3 Å². The summed E-state index contributed by atoms with van der Waals surface area (Å²) in [6, 6.07) is 0.861. The lowest BCUT2D eigenvalue weighted by Gasteiger charge is -2.29. The van der Waals surface area contributed by atoms with Crippen molar-refractivity contribution in [1.29, 1.82) is 5.26 Å². The number of hydrogen-bond donors (Lipinski definition) is 1. The molecule has 0 aromatic heterocycles. The Morgan fingerprint density at radius 1 is 1.33 bits per heavy atom. The van der Waals surface area contributed by atoms with Gasteiger partial charge in [-0.1, -0.05) is 0 Å². The van der Waals surface area contributed by atoms with Crippen molar-refractivity contribution in [3.8, 4) is 5.81 Å². The molecule has 0 saturated carbocycles. The minimum Gasteiger partial charge on any atom is -0.337 e. The summed E-state index contributed by atoms with van der Waals surface area (Å²) in [5.74, 6) is 1.56. The summed E-state index contributed by atoms with van der Waals surface area (Å²) >= 11 is 0. The second-order valence-corrected chi connectivity index (χ2v) is 4.59. The molecule has 0 aliphatic carbocycles. The molecule has 15 heavy (non-hydrogen) atoms. The van der Waals surface area contributed by atoms with Crippen molar-refractivity contribution < 1.29 is 14.5 Å². The average molecular weight is 234 g/mol. The molecule has 0 aliphatic heterocycles. The van der Waals surface area contributed by atoms with Gasteiger partial charge in [-0.25, -0.2) is 4.89 Å². The predicted molar refractivity (Wildman–Crippen MR) is 58.8 cm³/mol. The predicted octanol–water partition coefficient (Wildman–Crippen LogP) is 1.84. The second-order valence-electron chi connectivity index (χ2n) is 3.69. The Bertz CT molecular complexity index is 198. The van der Waals surface area contributed by atoms with Gasteiger partial charge in [-0.15, -0.1) is 0 Å². The van der Waals surface area contributed by atoms with Gasteiger partial charge in [0.15, 0.2) is 5.81 Å². The molecule has 0 spiro atoms. The maximum Gasteiger partial charge on any atom is 0.315 e. The molecule has 0 rings (SSSR count). The van der Waals surface area contributed by atoms with Gasteiger partial charge in [0.1, 0.15) is 0 Å². The monoisotopic (exact) mass is 234 g/mol. The summed E-state index contributed by atoms with van der Waals surface area (Å²) in [4.78, 5) is 15.7. The Labute approximate surface area is 92.4 Å². The fraction of sp³-hybridized carbons (Fsp3) is 0.889. The van der Waals surface area contributed by atoms with Crippen molar-refractivity contribution in [3.05, 3.63) is 0 Å². The summed E-state index contributed by atoms with van der Waals surface area (Å²) in [7, 11) is -2.08. The zero-order valence-electron chi connectivity index (χ0n) is 9.67. The van der Waals surface area contributed by atoms with Crippen LogP contribution >= 0.6 is 8.38 Å². The highest BCUT2D eigenvalue weighted by Crippen LogP contribution is 2.28. The van der Waals surface area contributed by atoms with Gasteiger partial charge in [0.05, 0.1) is 6.61 Å². The molecule has 0 radical (unpaired) electrons. The van der Waals surface area contributed by atoms with E-state index >= 15 is 0 Å². The molecule has 0 saturated heterocycles. The van der Waals surface area contributed by atoms with E-state index in [0.29, 0.717) is 25.2 Å². The van der Waals surface area contributed by atoms with Crippen LogP contribution < -0.4 is 0 Å². The normalized spacial score (nSPS) is 13.5. The highest BCUT2D eigenvalue weighted by molar-refractivity contribution is 7.51. The molecule has 1 atom stereocenters. The van der Waals surface area contributed by atoms with Gasteiger partial charge >= 0.3 is 8.38 Å². The molecule has 0 aromatic carbocycles. The minimum atomic E-state index is -2.08. The Kier molecular flexibility index (Phi) is 7.85. The van der Waals surface area contributed by atoms with Crippen molar-refractivity contribution in [3.63, 3.8) is 0 Å². The number of hydrogen-bond acceptors (Lipinski definition) is 5. The molecule has 0 fully saturated rings. The van der Waals surface area contributed by atoms with Crippen molar-refractivity contribution in [2.45, 2.75) is 39.8 Å². The van der Waals surface area contributed by atoms with Gasteiger partial charge in [0.2, 0.25) is 0 Å². The number of nitriles is 1. The van der Waals surface area contributed by atoms with Gasteiger partial charge in [0.25, 0.3) is 0 Å². The van der Waals surface area contributed by atoms with E-state index in [9.17, 15) is 0 Å². The van der Waals surface area contributed by atoms with Crippen LogP contribution in [0.2, 0.25) is 0 Å². The van der Waals surface area contributed by atoms with Crippen LogP contribution in [0.15, 0.2) is 0 Å². The first-order chi connectivity index (χ1) is 6.99. The largest absolute Gasteiger partial charge is 0.337 e. The van der Waals surface area contributed by atoms with Crippen LogP contribution in [0, 0.1) is 11.1 Å². The molecule has 1 N–H and O–H groups in total. The van der Waals surface area contributed by atoms with Crippen LogP contribution in [-0.4, -0.2) is 35.0 Å². The SMILES string of the molecule is CC(C)N(CCOOP(O)C#N)C(C)C. The van der Waals surface area contributed by atoms with E-state index in [1.165, 1.54) is 0 Å². The van der Waals surface area contributed by atoms with Crippen LogP contribution in [0.3, 0.4) is 0 Å². The third-order valence-electron chi connectivity index (χ3n) is 1.97. The van der Waals surface area contributed by atoms with E-state index < -0.39 is 8.38 Å². The molecule has 88 valence electrons. The second kappa shape index (κ2) is 7.98. The van der Waals surface area contributed by atoms with Crippen molar-refractivity contribution >= 4 is 8.38 Å². The van der Waals surface area contributed by atoms with Crippen molar-refractivity contribution in [2.75, 3.05) is 13.2 Å². The zero-order chi connectivity index (χ0) is 11.8. The number of rotatable bonds is 7. The summed E-state index contributed by atoms with van der Waals surface area (Å²) < 4.78 is 4.43. The lowest BCUT2D eigenvalue weighted by molar-refractivity contribution is -0.207. The summed E-state index contributed by atoms with van der Waals surface area (Å²) in [6.07, 6.45) is 0. The standard InChI is InChI=1S/C9H19N2O3P/c1-8(2)11(9(3)4)5-6-13-14-15(12)7-10/h8-9,12H,5-6H2,1-4H3. The Morgan fingerprint density at radius 3 is 2.27 bits per heavy atom. The van der Waals surface area contributed by atoms with Crippen LogP contribution in [-0.2, 0) is 9.56 Å². The van der Waals surface area contributed by atoms with Gasteiger partial charge in [-0.05, 0) is 27.7 Å². The first-order valence-electron chi connectivity index (χ1n) is 4.93. The molecule has 0 aliphatic rings. The van der Waals surface area contributed by atoms with E-state index in [4.69, 9.17) is 15.0 Å². The Balaban J connectivity index is 3.69. The molecule has 0 heterocycles. The fourth-order valence-electron chi connectivity index (χ4n) is 1.36. The highest BCUT2D eigenvalue weighted by atomic mass is 31.2. The van der Waals surface area contributed by atoms with Gasteiger partial charge in [-0.2, -0.15) is 9.94 Å². The first-order valence-corrected chi connectivity index (χ1v) is 6.14. The maximum atomic E-state index is 8.78. The fourth-order valence-corrected chi connectivity index (χ4v) is 1.57. The van der Waals surface area contributed by atoms with E-state index in [1.54, 1.807) is 5.81 Å². The molecule has 0 bridgehead atoms. The van der Waals surface area contributed by atoms with Crippen molar-refractivity contribution in [1.82, 2.24) is 4.90 Å². The van der Waals surface area contributed by atoms with E-state index in [-0.39, 0.29) is 0 Å². The van der Waals surface area contributed by atoms with Crippen LogP contribution in [0.4, 0.5) is 0 Å². The first kappa shape index (κ1) is 14.8. The Hall–Kier alpha value is -0.240. The van der Waals surface area contributed by atoms with E-state index in [1.807, 2.05) is 0 Å². The van der Waals surface area contributed by atoms with Gasteiger partial charge < -0.3 is 4.89 Å². The van der Waals surface area contributed by atoms with Crippen LogP contribution in [0.5, 0.6) is 0 Å². The molecule has 0 aromatic rings. The lowest BCUT2D eigenvalue weighted by Crippen LogP contribution is -2.39. The highest BCUT2D eigenvalue weighted by Gasteiger charge is 2.13. The van der Waals surface area contributed by atoms with E-state index in [0.717, 1.165) is 0 Å². The average Bonchev–Trinajstić information content (AvgIpc) is 2.15. The third kappa shape index (κ3) is 6.77. The smallest absolute Gasteiger partial charge is 0.315 e. The van der Waals surface area contributed by atoms with Crippen molar-refractivity contribution in [2.24, 2.45) is 0 Å². The summed E-state index contributed by atoms with van der Waals surface area (Å²) in [5, 5.41) is 8.23. The third-order valence-corrected chi connectivity index (χ3v) is 2.39. The summed E-state index contributed by atoms with van der Waals surface area (Å²) in [6.45, 7) is 9.48. The molecular weight excluding hydrogens is 215 g/mol. The van der Waals surface area contributed by atoms with Gasteiger partial charge in [-0.3, -0.25) is 4.90 Å².